The van der Waals surface area contributed by atoms with Crippen LogP contribution in [0.15, 0.2) is 42.9 Å². The van der Waals surface area contributed by atoms with Gasteiger partial charge in [-0.05, 0) is 57.7 Å². The number of aromatic nitrogens is 5. The van der Waals surface area contributed by atoms with Gasteiger partial charge in [-0.3, -0.25) is 9.67 Å². The topological polar surface area (TPSA) is 65.7 Å². The first-order chi connectivity index (χ1) is 16.4. The minimum absolute atomic E-state index is 0.0279. The summed E-state index contributed by atoms with van der Waals surface area (Å²) in [5.41, 5.74) is 4.41. The van der Waals surface area contributed by atoms with E-state index in [4.69, 9.17) is 9.72 Å². The second-order valence-corrected chi connectivity index (χ2v) is 9.49. The van der Waals surface area contributed by atoms with Crippen molar-refractivity contribution in [3.05, 3.63) is 71.4 Å². The van der Waals surface area contributed by atoms with E-state index in [1.54, 1.807) is 6.20 Å². The van der Waals surface area contributed by atoms with E-state index in [0.29, 0.717) is 22.8 Å². The van der Waals surface area contributed by atoms with Crippen molar-refractivity contribution in [2.45, 2.75) is 63.7 Å². The fraction of sp³-hybridized carbons (Fsp3) is 0.385. The Labute approximate surface area is 196 Å². The summed E-state index contributed by atoms with van der Waals surface area (Å²) >= 11 is 0. The lowest BCUT2D eigenvalue weighted by Crippen LogP contribution is -2.25. The Morgan fingerprint density at radius 1 is 1.06 bits per heavy atom. The van der Waals surface area contributed by atoms with Crippen LogP contribution in [0, 0.1) is 18.6 Å². The molecule has 6 rings (SSSR count). The summed E-state index contributed by atoms with van der Waals surface area (Å²) in [6.07, 6.45) is 9.46. The lowest BCUT2D eigenvalue weighted by atomic mass is 9.87. The normalized spacial score (nSPS) is 22.9. The van der Waals surface area contributed by atoms with Crippen molar-refractivity contribution in [3.8, 4) is 11.3 Å². The maximum absolute atomic E-state index is 14.8. The van der Waals surface area contributed by atoms with E-state index in [0.717, 1.165) is 35.9 Å². The van der Waals surface area contributed by atoms with Crippen LogP contribution in [-0.2, 0) is 4.74 Å². The van der Waals surface area contributed by atoms with Crippen LogP contribution in [0.3, 0.4) is 0 Å². The molecule has 2 aliphatic rings. The standard InChI is InChI=1S/C26H25F2N5O/c1-14-11-29-26-23(31-14)10-22(32-25(26)20-6-3-18(27)9-21(20)28)16-7-15(2)34-24(8-16)17-12-30-33(13-17)19-4-5-19/h3,6,9-13,15-16,19,24H,4-5,7-8H2,1-2H3/t15-,16-,24-/m1/s1. The quantitative estimate of drug-likeness (QED) is 0.382. The maximum Gasteiger partial charge on any atom is 0.135 e. The molecule has 1 saturated heterocycles. The molecule has 4 aromatic rings. The summed E-state index contributed by atoms with van der Waals surface area (Å²) in [6.45, 7) is 3.94. The molecule has 4 heterocycles. The lowest BCUT2D eigenvalue weighted by Gasteiger charge is -2.33. The van der Waals surface area contributed by atoms with Crippen molar-refractivity contribution in [1.29, 1.82) is 0 Å². The highest BCUT2D eigenvalue weighted by molar-refractivity contribution is 5.89. The minimum atomic E-state index is -0.668. The Balaban J connectivity index is 1.41. The highest BCUT2D eigenvalue weighted by Gasteiger charge is 2.33. The Bertz CT molecular complexity index is 1380. The second-order valence-electron chi connectivity index (χ2n) is 9.49. The molecule has 2 fully saturated rings. The maximum atomic E-state index is 14.8. The van der Waals surface area contributed by atoms with E-state index in [2.05, 4.69) is 28.2 Å². The van der Waals surface area contributed by atoms with Crippen LogP contribution < -0.4 is 0 Å². The largest absolute Gasteiger partial charge is 0.370 e. The van der Waals surface area contributed by atoms with Crippen molar-refractivity contribution < 1.29 is 13.5 Å². The molecule has 174 valence electrons. The fourth-order valence-corrected chi connectivity index (χ4v) is 4.87. The molecule has 0 bridgehead atoms. The average Bonchev–Trinajstić information content (AvgIpc) is 3.54. The number of benzene rings is 1. The monoisotopic (exact) mass is 461 g/mol. The number of hydrogen-bond acceptors (Lipinski definition) is 5. The molecule has 1 aromatic carbocycles. The van der Waals surface area contributed by atoms with Crippen LogP contribution in [0.5, 0.6) is 0 Å². The van der Waals surface area contributed by atoms with E-state index in [9.17, 15) is 8.78 Å². The van der Waals surface area contributed by atoms with E-state index in [-0.39, 0.29) is 23.7 Å². The van der Waals surface area contributed by atoms with Gasteiger partial charge in [0.05, 0.1) is 35.7 Å². The van der Waals surface area contributed by atoms with Crippen molar-refractivity contribution >= 4 is 11.0 Å². The van der Waals surface area contributed by atoms with Gasteiger partial charge in [0.2, 0.25) is 0 Å². The fourth-order valence-electron chi connectivity index (χ4n) is 4.87. The molecule has 3 aromatic heterocycles. The highest BCUT2D eigenvalue weighted by Crippen LogP contribution is 2.42. The number of ether oxygens (including phenoxy) is 1. The predicted octanol–water partition coefficient (Wildman–Crippen LogP) is 5.83. The minimum Gasteiger partial charge on any atom is -0.370 e. The summed E-state index contributed by atoms with van der Waals surface area (Å²) in [6, 6.07) is 6.00. The van der Waals surface area contributed by atoms with Crippen molar-refractivity contribution in [3.63, 3.8) is 0 Å². The van der Waals surface area contributed by atoms with Gasteiger partial charge >= 0.3 is 0 Å². The number of pyridine rings is 1. The molecule has 34 heavy (non-hydrogen) atoms. The molecule has 0 spiro atoms. The number of nitrogens with zero attached hydrogens (tertiary/aromatic N) is 5. The first-order valence-corrected chi connectivity index (χ1v) is 11.7. The predicted molar refractivity (Wildman–Crippen MR) is 123 cm³/mol. The number of fused-ring (bicyclic) bond motifs is 1. The van der Waals surface area contributed by atoms with Gasteiger partial charge < -0.3 is 4.74 Å². The number of aryl methyl sites for hydroxylation is 1. The van der Waals surface area contributed by atoms with E-state index in [1.165, 1.54) is 25.0 Å². The van der Waals surface area contributed by atoms with Gasteiger partial charge in [0.15, 0.2) is 0 Å². The molecule has 3 atom stereocenters. The smallest absolute Gasteiger partial charge is 0.135 e. The Morgan fingerprint density at radius 2 is 1.91 bits per heavy atom. The van der Waals surface area contributed by atoms with Gasteiger partial charge in [0, 0.05) is 41.2 Å². The zero-order chi connectivity index (χ0) is 23.4. The van der Waals surface area contributed by atoms with Gasteiger partial charge in [0.1, 0.15) is 22.8 Å². The van der Waals surface area contributed by atoms with Gasteiger partial charge in [-0.25, -0.2) is 18.7 Å². The molecule has 1 aliphatic heterocycles. The molecule has 0 radical (unpaired) electrons. The zero-order valence-corrected chi connectivity index (χ0v) is 19.1. The molecular weight excluding hydrogens is 436 g/mol. The number of rotatable bonds is 4. The zero-order valence-electron chi connectivity index (χ0n) is 19.1. The van der Waals surface area contributed by atoms with Crippen LogP contribution in [0.4, 0.5) is 8.78 Å². The van der Waals surface area contributed by atoms with Gasteiger partial charge in [-0.2, -0.15) is 5.10 Å². The van der Waals surface area contributed by atoms with Crippen LogP contribution >= 0.6 is 0 Å². The summed E-state index contributed by atoms with van der Waals surface area (Å²) in [7, 11) is 0. The van der Waals surface area contributed by atoms with Gasteiger partial charge in [0.25, 0.3) is 0 Å². The second kappa shape index (κ2) is 8.20. The first kappa shape index (κ1) is 21.3. The third-order valence-electron chi connectivity index (χ3n) is 6.70. The van der Waals surface area contributed by atoms with E-state index in [1.807, 2.05) is 23.9 Å². The molecular formula is C26H25F2N5O. The molecule has 8 heteroatoms. The third kappa shape index (κ3) is 3.96. The van der Waals surface area contributed by atoms with Crippen LogP contribution in [0.2, 0.25) is 0 Å². The first-order valence-electron chi connectivity index (χ1n) is 11.7. The molecule has 0 amide bonds. The summed E-state index contributed by atoms with van der Waals surface area (Å²) in [4.78, 5) is 14.0. The van der Waals surface area contributed by atoms with Crippen molar-refractivity contribution in [1.82, 2.24) is 24.7 Å². The number of hydrogen-bond donors (Lipinski definition) is 0. The molecule has 6 nitrogen and oxygen atoms in total. The van der Waals surface area contributed by atoms with Crippen LogP contribution in [-0.4, -0.2) is 30.8 Å². The van der Waals surface area contributed by atoms with Gasteiger partial charge in [-0.1, -0.05) is 0 Å². The highest BCUT2D eigenvalue weighted by atomic mass is 19.1. The third-order valence-corrected chi connectivity index (χ3v) is 6.70. The lowest BCUT2D eigenvalue weighted by molar-refractivity contribution is -0.0506. The summed E-state index contributed by atoms with van der Waals surface area (Å²) in [5, 5.41) is 4.53. The van der Waals surface area contributed by atoms with Crippen molar-refractivity contribution in [2.75, 3.05) is 0 Å². The summed E-state index contributed by atoms with van der Waals surface area (Å²) in [5.74, 6) is -1.21. The Kier molecular flexibility index (Phi) is 5.13. The molecule has 0 unspecified atom stereocenters. The van der Waals surface area contributed by atoms with Gasteiger partial charge in [-0.15, -0.1) is 0 Å². The SMILES string of the molecule is Cc1cnc2c(-c3ccc(F)cc3F)nc([C@@H]3C[C@@H](C)O[C@@H](c4cnn(C5CC5)c4)C3)cc2n1. The van der Waals surface area contributed by atoms with Crippen molar-refractivity contribution in [2.24, 2.45) is 0 Å². The van der Waals surface area contributed by atoms with Crippen LogP contribution in [0.25, 0.3) is 22.3 Å². The average molecular weight is 462 g/mol. The van der Waals surface area contributed by atoms with E-state index >= 15 is 0 Å². The Hall–Kier alpha value is -3.26. The Morgan fingerprint density at radius 3 is 2.71 bits per heavy atom. The number of halogens is 2. The molecule has 1 saturated carbocycles. The van der Waals surface area contributed by atoms with Crippen LogP contribution in [0.1, 0.15) is 67.6 Å². The molecule has 0 N–H and O–H groups in total. The molecule has 1 aliphatic carbocycles. The summed E-state index contributed by atoms with van der Waals surface area (Å²) < 4.78 is 36.7. The van der Waals surface area contributed by atoms with E-state index < -0.39 is 11.6 Å².